The summed E-state index contributed by atoms with van der Waals surface area (Å²) in [6, 6.07) is 18.4. The van der Waals surface area contributed by atoms with Crippen LogP contribution < -0.4 is 19.5 Å². The van der Waals surface area contributed by atoms with Crippen molar-refractivity contribution in [3.8, 4) is 34.6 Å². The van der Waals surface area contributed by atoms with E-state index in [0.29, 0.717) is 41.1 Å². The normalized spacial score (nSPS) is 12.1. The second-order valence-electron chi connectivity index (χ2n) is 8.41. The number of ether oxygens (including phenoxy) is 3. The van der Waals surface area contributed by atoms with E-state index in [1.165, 1.54) is 24.3 Å². The molecular weight excluding hydrogens is 451 g/mol. The molecule has 0 saturated heterocycles. The molecule has 8 nitrogen and oxygen atoms in total. The Hall–Kier alpha value is -4.40. The topological polar surface area (TPSA) is 87.5 Å². The van der Waals surface area contributed by atoms with Crippen LogP contribution in [-0.4, -0.2) is 34.1 Å². The fraction of sp³-hybridized carbons (Fsp3) is 0.192. The van der Waals surface area contributed by atoms with Gasteiger partial charge in [-0.1, -0.05) is 13.8 Å². The summed E-state index contributed by atoms with van der Waals surface area (Å²) >= 11 is 0. The van der Waals surface area contributed by atoms with Gasteiger partial charge in [0, 0.05) is 16.8 Å². The molecule has 0 saturated carbocycles. The van der Waals surface area contributed by atoms with Crippen molar-refractivity contribution in [3.05, 3.63) is 78.1 Å². The predicted molar refractivity (Wildman–Crippen MR) is 128 cm³/mol. The van der Waals surface area contributed by atoms with Gasteiger partial charge in [-0.2, -0.15) is 4.98 Å². The molecule has 0 bridgehead atoms. The maximum Gasteiger partial charge on any atom is 0.336 e. The third-order valence-corrected chi connectivity index (χ3v) is 5.24. The third-order valence-electron chi connectivity index (χ3n) is 5.24. The van der Waals surface area contributed by atoms with Crippen LogP contribution in [0.1, 0.15) is 24.2 Å². The van der Waals surface area contributed by atoms with Gasteiger partial charge in [0.05, 0.1) is 12.3 Å². The van der Waals surface area contributed by atoms with Crippen LogP contribution in [0, 0.1) is 11.7 Å². The molecule has 1 aliphatic rings. The highest BCUT2D eigenvalue weighted by molar-refractivity contribution is 6.04. The Morgan fingerprint density at radius 3 is 2.54 bits per heavy atom. The molecule has 0 radical (unpaired) electrons. The lowest BCUT2D eigenvalue weighted by atomic mass is 10.2. The molecule has 1 aliphatic heterocycles. The van der Waals surface area contributed by atoms with E-state index in [1.54, 1.807) is 16.8 Å². The van der Waals surface area contributed by atoms with Gasteiger partial charge >= 0.3 is 6.01 Å². The first-order valence-corrected chi connectivity index (χ1v) is 11.1. The fourth-order valence-electron chi connectivity index (χ4n) is 3.49. The Morgan fingerprint density at radius 1 is 1.06 bits per heavy atom. The van der Waals surface area contributed by atoms with Crippen LogP contribution >= 0.6 is 0 Å². The summed E-state index contributed by atoms with van der Waals surface area (Å²) in [6.07, 6.45) is 0. The van der Waals surface area contributed by atoms with Crippen molar-refractivity contribution in [2.24, 2.45) is 5.92 Å². The molecule has 35 heavy (non-hydrogen) atoms. The molecule has 1 aromatic heterocycles. The highest BCUT2D eigenvalue weighted by Gasteiger charge is 2.20. The van der Waals surface area contributed by atoms with E-state index in [0.717, 1.165) is 11.3 Å². The number of nitrogens with zero attached hydrogens (tertiary/aromatic N) is 3. The molecule has 0 fully saturated rings. The van der Waals surface area contributed by atoms with Crippen LogP contribution in [0.25, 0.3) is 17.1 Å². The number of anilines is 1. The van der Waals surface area contributed by atoms with E-state index in [2.05, 4.69) is 29.2 Å². The first-order valence-electron chi connectivity index (χ1n) is 11.1. The van der Waals surface area contributed by atoms with Gasteiger partial charge < -0.3 is 19.5 Å². The molecule has 4 aromatic rings. The second-order valence-corrected chi connectivity index (χ2v) is 8.41. The number of benzene rings is 3. The van der Waals surface area contributed by atoms with Gasteiger partial charge in [0.15, 0.2) is 17.3 Å². The van der Waals surface area contributed by atoms with Crippen molar-refractivity contribution in [2.45, 2.75) is 13.8 Å². The van der Waals surface area contributed by atoms with E-state index < -0.39 is 5.82 Å². The quantitative estimate of drug-likeness (QED) is 0.402. The lowest BCUT2D eigenvalue weighted by molar-refractivity contribution is 0.102. The molecule has 2 heterocycles. The van der Waals surface area contributed by atoms with Gasteiger partial charge in [0.25, 0.3) is 5.91 Å². The van der Waals surface area contributed by atoms with Crippen LogP contribution in [0.4, 0.5) is 10.1 Å². The number of carbonyl (C=O) groups is 1. The highest BCUT2D eigenvalue weighted by Crippen LogP contribution is 2.36. The van der Waals surface area contributed by atoms with E-state index >= 15 is 0 Å². The first kappa shape index (κ1) is 22.4. The summed E-state index contributed by atoms with van der Waals surface area (Å²) in [7, 11) is 0. The zero-order chi connectivity index (χ0) is 24.4. The minimum absolute atomic E-state index is 0.180. The fourth-order valence-corrected chi connectivity index (χ4v) is 3.49. The summed E-state index contributed by atoms with van der Waals surface area (Å²) in [6.45, 7) is 4.77. The molecule has 5 rings (SSSR count). The number of hydrogen-bond donors (Lipinski definition) is 1. The Bertz CT molecular complexity index is 1350. The van der Waals surface area contributed by atoms with Crippen LogP contribution in [0.3, 0.4) is 0 Å². The number of hydrogen-bond acceptors (Lipinski definition) is 6. The number of amides is 1. The molecule has 3 aromatic carbocycles. The maximum absolute atomic E-state index is 13.1. The average molecular weight is 474 g/mol. The van der Waals surface area contributed by atoms with Gasteiger partial charge in [-0.05, 0) is 72.6 Å². The lowest BCUT2D eigenvalue weighted by Gasteiger charge is -2.09. The minimum Gasteiger partial charge on any atom is -0.462 e. The number of carbonyl (C=O) groups excluding carboxylic acids is 1. The second kappa shape index (κ2) is 9.46. The van der Waals surface area contributed by atoms with Gasteiger partial charge in [-0.15, -0.1) is 5.10 Å². The van der Waals surface area contributed by atoms with E-state index in [1.807, 2.05) is 30.3 Å². The largest absolute Gasteiger partial charge is 0.462 e. The molecule has 178 valence electrons. The molecule has 1 N–H and O–H groups in total. The molecule has 0 atom stereocenters. The average Bonchev–Trinajstić information content (AvgIpc) is 3.50. The monoisotopic (exact) mass is 474 g/mol. The molecular formula is C26H23FN4O4. The summed E-state index contributed by atoms with van der Waals surface area (Å²) < 4.78 is 31.5. The summed E-state index contributed by atoms with van der Waals surface area (Å²) in [5.41, 5.74) is 2.46. The van der Waals surface area contributed by atoms with E-state index in [-0.39, 0.29) is 18.7 Å². The third kappa shape index (κ3) is 4.93. The van der Waals surface area contributed by atoms with Gasteiger partial charge in [-0.3, -0.25) is 4.79 Å². The van der Waals surface area contributed by atoms with Crippen molar-refractivity contribution < 1.29 is 23.4 Å². The van der Waals surface area contributed by atoms with Gasteiger partial charge in [-0.25, -0.2) is 9.07 Å². The molecule has 0 unspecified atom stereocenters. The molecule has 0 spiro atoms. The Balaban J connectivity index is 1.42. The molecule has 1 amide bonds. The SMILES string of the molecule is CC(C)COc1nc(-c2ccc3c(c2)OCO3)n(-c2ccc(NC(=O)c3ccc(F)cc3)cc2)n1. The number of aromatic nitrogens is 3. The van der Waals surface area contributed by atoms with Crippen molar-refractivity contribution >= 4 is 11.6 Å². The standard InChI is InChI=1S/C26H23FN4O4/c1-16(2)14-33-26-29-24(18-5-12-22-23(13-18)35-15-34-22)31(30-26)21-10-8-20(9-11-21)28-25(32)17-3-6-19(27)7-4-17/h3-13,16H,14-15H2,1-2H3,(H,28,32). The number of nitrogens with one attached hydrogen (secondary N) is 1. The van der Waals surface area contributed by atoms with Crippen LogP contribution in [0.5, 0.6) is 17.5 Å². The zero-order valence-corrected chi connectivity index (χ0v) is 19.2. The van der Waals surface area contributed by atoms with Crippen LogP contribution in [0.2, 0.25) is 0 Å². The van der Waals surface area contributed by atoms with Crippen LogP contribution in [-0.2, 0) is 0 Å². The minimum atomic E-state index is -0.395. The Morgan fingerprint density at radius 2 is 1.80 bits per heavy atom. The van der Waals surface area contributed by atoms with Crippen LogP contribution in [0.15, 0.2) is 66.7 Å². The Kier molecular flexibility index (Phi) is 6.05. The zero-order valence-electron chi connectivity index (χ0n) is 19.2. The first-order chi connectivity index (χ1) is 17.0. The van der Waals surface area contributed by atoms with Gasteiger partial charge in [0.2, 0.25) is 6.79 Å². The van der Waals surface area contributed by atoms with E-state index in [4.69, 9.17) is 14.2 Å². The van der Waals surface area contributed by atoms with Crippen molar-refractivity contribution in [1.29, 1.82) is 0 Å². The van der Waals surface area contributed by atoms with Crippen molar-refractivity contribution in [1.82, 2.24) is 14.8 Å². The maximum atomic E-state index is 13.1. The summed E-state index contributed by atoms with van der Waals surface area (Å²) in [4.78, 5) is 17.0. The number of rotatable bonds is 7. The summed E-state index contributed by atoms with van der Waals surface area (Å²) in [5, 5.41) is 7.36. The van der Waals surface area contributed by atoms with Gasteiger partial charge in [0.1, 0.15) is 5.82 Å². The number of fused-ring (bicyclic) bond motifs is 1. The molecule has 9 heteroatoms. The smallest absolute Gasteiger partial charge is 0.336 e. The van der Waals surface area contributed by atoms with E-state index in [9.17, 15) is 9.18 Å². The highest BCUT2D eigenvalue weighted by atomic mass is 19.1. The van der Waals surface area contributed by atoms with Crippen molar-refractivity contribution in [2.75, 3.05) is 18.7 Å². The lowest BCUT2D eigenvalue weighted by Crippen LogP contribution is -2.12. The molecule has 0 aliphatic carbocycles. The summed E-state index contributed by atoms with van der Waals surface area (Å²) in [5.74, 6) is 1.49. The predicted octanol–water partition coefficient (Wildman–Crippen LogP) is 5.09. The van der Waals surface area contributed by atoms with Crippen molar-refractivity contribution in [3.63, 3.8) is 0 Å². The number of halogens is 1. The Labute approximate surface area is 201 Å².